The van der Waals surface area contributed by atoms with Gasteiger partial charge in [-0.25, -0.2) is 0 Å². The van der Waals surface area contributed by atoms with Gasteiger partial charge in [0.25, 0.3) is 0 Å². The van der Waals surface area contributed by atoms with Crippen molar-refractivity contribution in [1.29, 1.82) is 0 Å². The van der Waals surface area contributed by atoms with Crippen LogP contribution in [0.2, 0.25) is 0 Å². The van der Waals surface area contributed by atoms with E-state index in [4.69, 9.17) is 0 Å². The van der Waals surface area contributed by atoms with E-state index in [2.05, 4.69) is 26.0 Å². The van der Waals surface area contributed by atoms with Crippen molar-refractivity contribution in [3.05, 3.63) is 35.9 Å². The molecule has 1 atom stereocenters. The zero-order valence-electron chi connectivity index (χ0n) is 9.86. The van der Waals surface area contributed by atoms with Crippen LogP contribution in [0.15, 0.2) is 30.3 Å². The lowest BCUT2D eigenvalue weighted by atomic mass is 9.80. The van der Waals surface area contributed by atoms with Crippen LogP contribution in [0.3, 0.4) is 0 Å². The SMILES string of the molecule is CCC(CC)[C@H](C(C)=O)c1ccccc1. The minimum absolute atomic E-state index is 0.0844. The van der Waals surface area contributed by atoms with Crippen LogP contribution in [0.4, 0.5) is 0 Å². The fourth-order valence-corrected chi connectivity index (χ4v) is 2.26. The van der Waals surface area contributed by atoms with Crippen LogP contribution in [-0.2, 0) is 4.79 Å². The molecule has 0 amide bonds. The van der Waals surface area contributed by atoms with Crippen LogP contribution < -0.4 is 0 Å². The van der Waals surface area contributed by atoms with Crippen LogP contribution in [0.1, 0.15) is 45.1 Å². The first kappa shape index (κ1) is 12.0. The van der Waals surface area contributed by atoms with Crippen LogP contribution in [0, 0.1) is 5.92 Å². The van der Waals surface area contributed by atoms with Crippen molar-refractivity contribution < 1.29 is 4.79 Å². The third-order valence-corrected chi connectivity index (χ3v) is 3.12. The summed E-state index contributed by atoms with van der Waals surface area (Å²) in [5.74, 6) is 0.848. The van der Waals surface area contributed by atoms with Crippen molar-refractivity contribution in [2.75, 3.05) is 0 Å². The van der Waals surface area contributed by atoms with Crippen molar-refractivity contribution in [1.82, 2.24) is 0 Å². The largest absolute Gasteiger partial charge is 0.299 e. The van der Waals surface area contributed by atoms with Gasteiger partial charge in [0.05, 0.1) is 0 Å². The first-order valence-electron chi connectivity index (χ1n) is 5.76. The number of rotatable bonds is 5. The summed E-state index contributed by atoms with van der Waals surface area (Å²) in [6.45, 7) is 6.02. The maximum absolute atomic E-state index is 11.7. The third-order valence-electron chi connectivity index (χ3n) is 3.12. The second kappa shape index (κ2) is 5.69. The van der Waals surface area contributed by atoms with E-state index in [1.807, 2.05) is 18.2 Å². The van der Waals surface area contributed by atoms with E-state index in [1.54, 1.807) is 6.92 Å². The Balaban J connectivity index is 2.97. The monoisotopic (exact) mass is 204 g/mol. The molecule has 1 rings (SSSR count). The highest BCUT2D eigenvalue weighted by Gasteiger charge is 2.24. The Hall–Kier alpha value is -1.11. The maximum atomic E-state index is 11.7. The van der Waals surface area contributed by atoms with Crippen molar-refractivity contribution in [2.24, 2.45) is 5.92 Å². The van der Waals surface area contributed by atoms with Gasteiger partial charge >= 0.3 is 0 Å². The summed E-state index contributed by atoms with van der Waals surface area (Å²) in [5, 5.41) is 0. The average molecular weight is 204 g/mol. The molecule has 0 bridgehead atoms. The Bertz CT molecular complexity index is 298. The zero-order valence-corrected chi connectivity index (χ0v) is 9.86. The summed E-state index contributed by atoms with van der Waals surface area (Å²) in [5.41, 5.74) is 1.17. The van der Waals surface area contributed by atoms with Crippen LogP contribution in [0.25, 0.3) is 0 Å². The molecule has 0 aliphatic heterocycles. The molecular formula is C14H20O. The molecule has 0 radical (unpaired) electrons. The van der Waals surface area contributed by atoms with E-state index in [-0.39, 0.29) is 11.7 Å². The standard InChI is InChI=1S/C14H20O/c1-4-12(5-2)14(11(3)15)13-9-7-6-8-10-13/h6-10,12,14H,4-5H2,1-3H3/t14-/m0/s1. The van der Waals surface area contributed by atoms with Gasteiger partial charge < -0.3 is 0 Å². The summed E-state index contributed by atoms with van der Waals surface area (Å²) in [6, 6.07) is 10.1. The van der Waals surface area contributed by atoms with Gasteiger partial charge in [0, 0.05) is 5.92 Å². The predicted molar refractivity (Wildman–Crippen MR) is 63.9 cm³/mol. The fraction of sp³-hybridized carbons (Fsp3) is 0.500. The zero-order chi connectivity index (χ0) is 11.3. The highest BCUT2D eigenvalue weighted by atomic mass is 16.1. The number of carbonyl (C=O) groups excluding carboxylic acids is 1. The van der Waals surface area contributed by atoms with E-state index >= 15 is 0 Å². The van der Waals surface area contributed by atoms with Gasteiger partial charge in [-0.1, -0.05) is 57.0 Å². The van der Waals surface area contributed by atoms with Gasteiger partial charge in [-0.05, 0) is 18.4 Å². The molecule has 1 aromatic rings. The first-order valence-corrected chi connectivity index (χ1v) is 5.76. The number of Topliss-reactive ketones (excluding diaryl/α,β-unsaturated/α-hetero) is 1. The molecule has 1 aromatic carbocycles. The van der Waals surface area contributed by atoms with E-state index in [0.717, 1.165) is 12.8 Å². The van der Waals surface area contributed by atoms with Crippen LogP contribution in [-0.4, -0.2) is 5.78 Å². The number of hydrogen-bond donors (Lipinski definition) is 0. The van der Waals surface area contributed by atoms with Crippen molar-refractivity contribution in [2.45, 2.75) is 39.5 Å². The molecule has 82 valence electrons. The lowest BCUT2D eigenvalue weighted by molar-refractivity contribution is -0.119. The molecule has 0 aliphatic rings. The minimum atomic E-state index is 0.0844. The molecule has 15 heavy (non-hydrogen) atoms. The normalized spacial score (nSPS) is 12.8. The topological polar surface area (TPSA) is 17.1 Å². The van der Waals surface area contributed by atoms with Gasteiger partial charge in [0.1, 0.15) is 5.78 Å². The van der Waals surface area contributed by atoms with Gasteiger partial charge in [-0.2, -0.15) is 0 Å². The van der Waals surface area contributed by atoms with E-state index in [0.29, 0.717) is 5.92 Å². The molecule has 1 heteroatoms. The highest BCUT2D eigenvalue weighted by molar-refractivity contribution is 5.83. The molecule has 0 saturated carbocycles. The molecule has 0 saturated heterocycles. The summed E-state index contributed by atoms with van der Waals surface area (Å²) >= 11 is 0. The average Bonchev–Trinajstić information content (AvgIpc) is 2.26. The van der Waals surface area contributed by atoms with E-state index in [1.165, 1.54) is 5.56 Å². The van der Waals surface area contributed by atoms with Gasteiger partial charge in [-0.3, -0.25) is 4.79 Å². The molecule has 0 heterocycles. The Kier molecular flexibility index (Phi) is 4.54. The second-order valence-corrected chi connectivity index (χ2v) is 4.08. The number of hydrogen-bond acceptors (Lipinski definition) is 1. The Morgan fingerprint density at radius 2 is 1.67 bits per heavy atom. The Morgan fingerprint density at radius 1 is 1.13 bits per heavy atom. The summed E-state index contributed by atoms with van der Waals surface area (Å²) in [6.07, 6.45) is 2.13. The van der Waals surface area contributed by atoms with Gasteiger partial charge in [0.15, 0.2) is 0 Å². The van der Waals surface area contributed by atoms with Crippen molar-refractivity contribution in [3.63, 3.8) is 0 Å². The first-order chi connectivity index (χ1) is 7.20. The Morgan fingerprint density at radius 3 is 2.07 bits per heavy atom. The molecule has 0 fully saturated rings. The molecule has 0 spiro atoms. The molecular weight excluding hydrogens is 184 g/mol. The minimum Gasteiger partial charge on any atom is -0.299 e. The van der Waals surface area contributed by atoms with Crippen molar-refractivity contribution in [3.8, 4) is 0 Å². The van der Waals surface area contributed by atoms with Crippen LogP contribution >= 0.6 is 0 Å². The number of benzene rings is 1. The lowest BCUT2D eigenvalue weighted by Gasteiger charge is -2.23. The molecule has 0 N–H and O–H groups in total. The van der Waals surface area contributed by atoms with E-state index < -0.39 is 0 Å². The lowest BCUT2D eigenvalue weighted by Crippen LogP contribution is -2.18. The van der Waals surface area contributed by atoms with E-state index in [9.17, 15) is 4.79 Å². The third kappa shape index (κ3) is 2.92. The maximum Gasteiger partial charge on any atom is 0.137 e. The quantitative estimate of drug-likeness (QED) is 0.713. The predicted octanol–water partition coefficient (Wildman–Crippen LogP) is 3.80. The van der Waals surface area contributed by atoms with Crippen molar-refractivity contribution >= 4 is 5.78 Å². The van der Waals surface area contributed by atoms with Crippen LogP contribution in [0.5, 0.6) is 0 Å². The fourth-order valence-electron chi connectivity index (χ4n) is 2.26. The molecule has 0 unspecified atom stereocenters. The molecule has 0 aromatic heterocycles. The summed E-state index contributed by atoms with van der Waals surface area (Å²) < 4.78 is 0. The number of carbonyl (C=O) groups is 1. The smallest absolute Gasteiger partial charge is 0.137 e. The summed E-state index contributed by atoms with van der Waals surface area (Å²) in [7, 11) is 0. The second-order valence-electron chi connectivity index (χ2n) is 4.08. The number of ketones is 1. The van der Waals surface area contributed by atoms with Gasteiger partial charge in [-0.15, -0.1) is 0 Å². The highest BCUT2D eigenvalue weighted by Crippen LogP contribution is 2.30. The molecule has 1 nitrogen and oxygen atoms in total. The summed E-state index contributed by atoms with van der Waals surface area (Å²) in [4.78, 5) is 11.7. The molecule has 0 aliphatic carbocycles. The van der Waals surface area contributed by atoms with Gasteiger partial charge in [0.2, 0.25) is 0 Å². The Labute approximate surface area is 92.5 Å².